The van der Waals surface area contributed by atoms with Gasteiger partial charge in [0.05, 0.1) is 25.3 Å². The van der Waals surface area contributed by atoms with Crippen molar-refractivity contribution in [2.45, 2.75) is 288 Å². The molecule has 0 spiro atoms. The van der Waals surface area contributed by atoms with Gasteiger partial charge >= 0.3 is 92.1 Å². The normalized spacial score (nSPS) is 20.8. The second kappa shape index (κ2) is 53.7. The standard InChI is InChI=1S/2C29H45NOP2.2C2HF3O2.6CO.2Cr.2Rh/c2*1-10-20-29-23(11-1)21-24(22-31-33(27-16-6-7-17-27)28-18-8-9-19-28)30(29)32(25-12-2-3-13-25)26-14-4-5-15-26;2*3-2(4,5)1(6)7;6*1-2;;;;/h2*1,10-11,20,24-28H,2-9,12-19,21-22H2;2*(H,6,7);;;;;;;;;;/t2*24-;;;;;;;;;;;;/m00............/s1. The van der Waals surface area contributed by atoms with Gasteiger partial charge in [0.25, 0.3) is 0 Å². The number of carboxylic acids is 2. The van der Waals surface area contributed by atoms with Gasteiger partial charge in [-0.05, 0) is 178 Å². The molecule has 2 aromatic carbocycles. The number of nitrogens with zero attached hydrogens (tertiary/aromatic N) is 2. The number of hydrogen-bond donors (Lipinski definition) is 2. The van der Waals surface area contributed by atoms with Crippen molar-refractivity contribution in [1.82, 2.24) is 0 Å². The number of fused-ring (bicyclic) bond motifs is 2. The van der Waals surface area contributed by atoms with Crippen LogP contribution < -0.4 is 9.34 Å². The molecule has 0 amide bonds. The fraction of sp³-hybridized carbons (Fsp3) is 0.706. The first kappa shape index (κ1) is 97.0. The fourth-order valence-electron chi connectivity index (χ4n) is 15.7. The Bertz CT molecular complexity index is 2290. The molecule has 8 saturated carbocycles. The van der Waals surface area contributed by atoms with E-state index in [1.807, 2.05) is 0 Å². The summed E-state index contributed by atoms with van der Waals surface area (Å²) < 4.78 is 129. The molecule has 0 bridgehead atoms. The predicted octanol–water partition coefficient (Wildman–Crippen LogP) is 19.0. The molecule has 2 N–H and O–H groups in total. The zero-order chi connectivity index (χ0) is 68.2. The molecule has 96 heavy (non-hydrogen) atoms. The molecule has 2 heterocycles. The number of benzene rings is 2. The maximum atomic E-state index is 10.6. The third-order valence-corrected chi connectivity index (χ3v) is 32.4. The molecule has 0 saturated heterocycles. The van der Waals surface area contributed by atoms with Crippen LogP contribution in [0.3, 0.4) is 0 Å². The minimum Gasteiger partial charge on any atom is -0.357 e. The Morgan fingerprint density at radius 3 is 0.750 bits per heavy atom. The summed E-state index contributed by atoms with van der Waals surface area (Å²) in [6.07, 6.45) is 39.3. The van der Waals surface area contributed by atoms with Gasteiger partial charge in [0.2, 0.25) is 0 Å². The van der Waals surface area contributed by atoms with Crippen LogP contribution in [0.4, 0.5) is 37.7 Å². The average Bonchev–Trinajstić information content (AvgIpc) is 1.62. The Morgan fingerprint density at radius 1 is 0.385 bits per heavy atom. The quantitative estimate of drug-likeness (QED) is 0.0540. The molecular weight excluding hydrogens is 1580 g/mol. The second-order valence-corrected chi connectivity index (χ2v) is 35.0. The van der Waals surface area contributed by atoms with E-state index in [4.69, 9.17) is 56.8 Å². The third-order valence-electron chi connectivity index (χ3n) is 19.4. The first-order valence-corrected chi connectivity index (χ1v) is 38.3. The molecular formula is C68H92Cr2F6N2O12P4Rh2. The minimum absolute atomic E-state index is 0. The van der Waals surface area contributed by atoms with Crippen LogP contribution >= 0.6 is 32.4 Å². The predicted molar refractivity (Wildman–Crippen MR) is 341 cm³/mol. The summed E-state index contributed by atoms with van der Waals surface area (Å²) in [5, 5.41) is 14.2. The van der Waals surface area contributed by atoms with Gasteiger partial charge in [-0.3, -0.25) is 0 Å². The van der Waals surface area contributed by atoms with Crippen molar-refractivity contribution < 1.29 is 157 Å². The van der Waals surface area contributed by atoms with Gasteiger partial charge in [-0.1, -0.05) is 139 Å². The number of rotatable bonds is 16. The van der Waals surface area contributed by atoms with E-state index in [-0.39, 0.29) is 106 Å². The van der Waals surface area contributed by atoms with Crippen LogP contribution in [0.5, 0.6) is 0 Å². The number of halogens is 6. The summed E-state index contributed by atoms with van der Waals surface area (Å²) in [5.74, 6) is -5.51. The number of aliphatic carboxylic acids is 2. The molecule has 2 aliphatic heterocycles. The van der Waals surface area contributed by atoms with Gasteiger partial charge in [-0.2, -0.15) is 26.3 Å². The van der Waals surface area contributed by atoms with Gasteiger partial charge in [0.1, 0.15) is 0 Å². The molecule has 10 aliphatic rings. The number of anilines is 2. The molecule has 8 fully saturated rings. The molecule has 2 radical (unpaired) electrons. The molecule has 2 atom stereocenters. The van der Waals surface area contributed by atoms with Crippen LogP contribution in [0.15, 0.2) is 48.5 Å². The molecule has 12 rings (SSSR count). The Hall–Kier alpha value is -1.05. The molecule has 14 nitrogen and oxygen atoms in total. The molecule has 0 unspecified atom stereocenters. The second-order valence-electron chi connectivity index (χ2n) is 24.8. The number of alkyl halides is 6. The van der Waals surface area contributed by atoms with Crippen LogP contribution in [0.2, 0.25) is 0 Å². The van der Waals surface area contributed by atoms with Crippen LogP contribution in [-0.4, -0.2) is 105 Å². The zero-order valence-corrected chi connectivity index (χ0v) is 63.7. The van der Waals surface area contributed by atoms with Gasteiger partial charge in [0.15, 0.2) is 0 Å². The van der Waals surface area contributed by atoms with Gasteiger partial charge in [-0.25, -0.2) is 9.59 Å². The van der Waals surface area contributed by atoms with Gasteiger partial charge < -0.3 is 28.6 Å². The zero-order valence-electron chi connectivity index (χ0n) is 54.3. The van der Waals surface area contributed by atoms with Crippen molar-refractivity contribution >= 4 is 55.8 Å². The molecule has 28 heteroatoms. The summed E-state index contributed by atoms with van der Waals surface area (Å²) in [6, 6.07) is 20.1. The van der Waals surface area contributed by atoms with Crippen LogP contribution in [0, 0.1) is 39.9 Å². The van der Waals surface area contributed by atoms with E-state index in [1.54, 1.807) is 22.5 Å². The fourth-order valence-corrected chi connectivity index (χ4v) is 30.1. The van der Waals surface area contributed by atoms with Gasteiger partial charge in [-0.15, -0.1) is 0 Å². The van der Waals surface area contributed by atoms with E-state index in [0.717, 1.165) is 58.5 Å². The van der Waals surface area contributed by atoms with Crippen molar-refractivity contribution in [1.29, 1.82) is 0 Å². The maximum Gasteiger partial charge on any atom is 0.0719 e. The van der Waals surface area contributed by atoms with Crippen molar-refractivity contribution in [3.63, 3.8) is 0 Å². The minimum atomic E-state index is -5.08. The third kappa shape index (κ3) is 29.6. The Labute approximate surface area is 618 Å². The maximum absolute atomic E-state index is 10.6. The number of carboxylic acid groups (broad SMARTS) is 2. The van der Waals surface area contributed by atoms with E-state index in [1.165, 1.54) is 218 Å². The van der Waals surface area contributed by atoms with E-state index in [2.05, 4.69) is 97.8 Å². The van der Waals surface area contributed by atoms with Crippen molar-refractivity contribution in [3.05, 3.63) is 99.6 Å². The Morgan fingerprint density at radius 2 is 0.562 bits per heavy atom. The van der Waals surface area contributed by atoms with E-state index >= 15 is 0 Å². The summed E-state index contributed by atoms with van der Waals surface area (Å²) >= 11 is 0. The number of para-hydroxylation sites is 2. The molecule has 2 aromatic rings. The average molecular weight is 1680 g/mol. The smallest absolute Gasteiger partial charge is 0.0719 e. The van der Waals surface area contributed by atoms with E-state index in [0.29, 0.717) is 12.1 Å². The first-order chi connectivity index (χ1) is 44.7. The molecule has 538 valence electrons. The Kier molecular flexibility index (Phi) is 54.3. The summed E-state index contributed by atoms with van der Waals surface area (Å²) in [4.78, 5) is 17.8. The van der Waals surface area contributed by atoms with Crippen LogP contribution in [0.1, 0.15) is 217 Å². The largest absolute Gasteiger partial charge is 0.357 e. The van der Waals surface area contributed by atoms with Crippen LogP contribution in [-0.2, 0) is 133 Å². The molecule has 0 aromatic heterocycles. The summed E-state index contributed by atoms with van der Waals surface area (Å²) in [7, 11) is -0.628. The SMILES string of the molecule is O=C(O)C(F)(F)F.O=C(O)C(F)(F)F.[C-]#[O+].[C-]#[O+].[C-]#[O+].[C-]#[O+].[C-]#[O+].[C-]#[O+].[Cr].[Cr].[Rh].[Rh].c1ccc2c(c1)C[C@@H](COP(C1CCCC1)C1CCCC1)N2P(C1CCCC1)C1CCCC1.c1ccc2c(c1)C[C@@H](COP(C1CCCC1)C1CCCC1)N2P(C1CCCC1)C1CCCC1. The molecule has 8 aliphatic carbocycles. The number of carbonyl (C=O) groups is 2. The topological polar surface area (TPSA) is 219 Å². The van der Waals surface area contributed by atoms with E-state index < -0.39 is 24.3 Å². The van der Waals surface area contributed by atoms with E-state index in [9.17, 15) is 26.3 Å². The Balaban J connectivity index is 0. The van der Waals surface area contributed by atoms with Crippen molar-refractivity contribution in [2.75, 3.05) is 22.6 Å². The monoisotopic (exact) mass is 1680 g/mol. The van der Waals surface area contributed by atoms with Crippen molar-refractivity contribution in [3.8, 4) is 0 Å². The van der Waals surface area contributed by atoms with Crippen LogP contribution in [0.25, 0.3) is 0 Å². The first-order valence-electron chi connectivity index (χ1n) is 32.6. The number of hydrogen-bond acceptors (Lipinski definition) is 6. The van der Waals surface area contributed by atoms with Crippen molar-refractivity contribution in [2.24, 2.45) is 0 Å². The van der Waals surface area contributed by atoms with Gasteiger partial charge in [0, 0.05) is 124 Å². The summed E-state index contributed by atoms with van der Waals surface area (Å²) in [5.41, 5.74) is 14.0. The summed E-state index contributed by atoms with van der Waals surface area (Å²) in [6.45, 7) is 29.0.